The minimum Gasteiger partial charge on any atom is -0.329 e. The Balaban J connectivity index is 2.06. The second kappa shape index (κ2) is 4.00. The van der Waals surface area contributed by atoms with E-state index in [9.17, 15) is 4.39 Å². The van der Waals surface area contributed by atoms with Gasteiger partial charge in [-0.2, -0.15) is 0 Å². The lowest BCUT2D eigenvalue weighted by atomic mass is 10.1. The lowest BCUT2D eigenvalue weighted by molar-refractivity contribution is 0.540. The topological polar surface area (TPSA) is 63.0 Å². The van der Waals surface area contributed by atoms with Gasteiger partial charge in [0.2, 0.25) is 0 Å². The van der Waals surface area contributed by atoms with Crippen molar-refractivity contribution in [3.63, 3.8) is 0 Å². The molecule has 1 aliphatic heterocycles. The van der Waals surface area contributed by atoms with Crippen molar-refractivity contribution in [2.24, 2.45) is 5.73 Å². The van der Waals surface area contributed by atoms with E-state index in [0.29, 0.717) is 6.54 Å². The molecular formula is C9H13FN4. The molecular weight excluding hydrogens is 183 g/mol. The first-order chi connectivity index (χ1) is 6.79. The molecule has 1 saturated heterocycles. The van der Waals surface area contributed by atoms with Gasteiger partial charge < -0.3 is 5.73 Å². The highest BCUT2D eigenvalue weighted by Gasteiger charge is 2.24. The molecule has 4 N–H and O–H groups in total. The van der Waals surface area contributed by atoms with Gasteiger partial charge in [0.1, 0.15) is 5.82 Å². The zero-order valence-corrected chi connectivity index (χ0v) is 7.70. The van der Waals surface area contributed by atoms with Crippen LogP contribution in [0.25, 0.3) is 0 Å². The highest BCUT2D eigenvalue weighted by Crippen LogP contribution is 2.19. The number of hydrazine groups is 1. The van der Waals surface area contributed by atoms with Gasteiger partial charge in [-0.15, -0.1) is 0 Å². The lowest BCUT2D eigenvalue weighted by Gasteiger charge is -2.07. The number of nitrogens with two attached hydrogens (primary N) is 1. The van der Waals surface area contributed by atoms with Gasteiger partial charge in [0.05, 0.1) is 17.9 Å². The van der Waals surface area contributed by atoms with Crippen LogP contribution in [0.2, 0.25) is 0 Å². The zero-order valence-electron chi connectivity index (χ0n) is 7.70. The Labute approximate surface area is 81.7 Å². The van der Waals surface area contributed by atoms with Crippen LogP contribution in [0.15, 0.2) is 18.3 Å². The number of hydrogen-bond acceptors (Lipinski definition) is 4. The van der Waals surface area contributed by atoms with Crippen molar-refractivity contribution in [2.45, 2.75) is 18.5 Å². The normalized spacial score (nSPS) is 26.7. The van der Waals surface area contributed by atoms with Crippen molar-refractivity contribution >= 4 is 0 Å². The van der Waals surface area contributed by atoms with Crippen LogP contribution in [0.4, 0.5) is 4.39 Å². The summed E-state index contributed by atoms with van der Waals surface area (Å²) in [5, 5.41) is 0. The maximum absolute atomic E-state index is 12.6. The van der Waals surface area contributed by atoms with Crippen LogP contribution in [0.5, 0.6) is 0 Å². The third kappa shape index (κ3) is 1.89. The van der Waals surface area contributed by atoms with Crippen LogP contribution in [-0.4, -0.2) is 17.6 Å². The number of pyridine rings is 1. The first-order valence-corrected chi connectivity index (χ1v) is 4.62. The average molecular weight is 196 g/mol. The Hall–Kier alpha value is -1.04. The number of aromatic nitrogens is 1. The molecule has 0 saturated carbocycles. The van der Waals surface area contributed by atoms with Gasteiger partial charge in [-0.05, 0) is 18.6 Å². The first kappa shape index (κ1) is 9.51. The summed E-state index contributed by atoms with van der Waals surface area (Å²) in [4.78, 5) is 4.01. The third-order valence-electron chi connectivity index (χ3n) is 2.37. The average Bonchev–Trinajstić information content (AvgIpc) is 2.67. The van der Waals surface area contributed by atoms with E-state index in [1.54, 1.807) is 6.07 Å². The molecule has 0 spiro atoms. The monoisotopic (exact) mass is 196 g/mol. The second-order valence-electron chi connectivity index (χ2n) is 3.41. The highest BCUT2D eigenvalue weighted by atomic mass is 19.1. The van der Waals surface area contributed by atoms with Crippen molar-refractivity contribution in [2.75, 3.05) is 6.54 Å². The van der Waals surface area contributed by atoms with Crippen LogP contribution in [0.1, 0.15) is 18.2 Å². The number of rotatable bonds is 2. The molecule has 0 aliphatic carbocycles. The molecule has 0 aromatic carbocycles. The molecule has 0 amide bonds. The minimum atomic E-state index is -0.310. The van der Waals surface area contributed by atoms with E-state index in [1.165, 1.54) is 12.3 Å². The summed E-state index contributed by atoms with van der Waals surface area (Å²) in [5.41, 5.74) is 12.5. The molecule has 2 atom stereocenters. The smallest absolute Gasteiger partial charge is 0.141 e. The predicted molar refractivity (Wildman–Crippen MR) is 50.7 cm³/mol. The first-order valence-electron chi connectivity index (χ1n) is 4.62. The second-order valence-corrected chi connectivity index (χ2v) is 3.41. The van der Waals surface area contributed by atoms with Crippen molar-refractivity contribution in [3.8, 4) is 0 Å². The van der Waals surface area contributed by atoms with Crippen molar-refractivity contribution in [1.29, 1.82) is 0 Å². The van der Waals surface area contributed by atoms with Gasteiger partial charge in [-0.1, -0.05) is 0 Å². The fraction of sp³-hybridized carbons (Fsp3) is 0.444. The maximum atomic E-state index is 12.6. The standard InChI is InChI=1S/C9H13FN4/c10-6-1-2-8(12-5-6)9-3-7(4-11)13-14-9/h1-2,5,7,9,13-14H,3-4,11H2. The van der Waals surface area contributed by atoms with Crippen molar-refractivity contribution in [3.05, 3.63) is 29.8 Å². The summed E-state index contributed by atoms with van der Waals surface area (Å²) >= 11 is 0. The fourth-order valence-corrected chi connectivity index (χ4v) is 1.56. The Bertz CT molecular complexity index is 300. The van der Waals surface area contributed by atoms with Crippen LogP contribution >= 0.6 is 0 Å². The largest absolute Gasteiger partial charge is 0.329 e. The minimum absolute atomic E-state index is 0.129. The van der Waals surface area contributed by atoms with E-state index in [0.717, 1.165) is 12.1 Å². The van der Waals surface area contributed by atoms with Gasteiger partial charge in [0.25, 0.3) is 0 Å². The molecule has 5 heteroatoms. The molecule has 4 nitrogen and oxygen atoms in total. The molecule has 2 rings (SSSR count). The van der Waals surface area contributed by atoms with E-state index in [2.05, 4.69) is 15.8 Å². The van der Waals surface area contributed by atoms with Gasteiger partial charge in [-0.25, -0.2) is 9.82 Å². The van der Waals surface area contributed by atoms with Gasteiger partial charge >= 0.3 is 0 Å². The Morgan fingerprint density at radius 3 is 2.93 bits per heavy atom. The molecule has 1 fully saturated rings. The van der Waals surface area contributed by atoms with Crippen LogP contribution in [0.3, 0.4) is 0 Å². The van der Waals surface area contributed by atoms with E-state index in [-0.39, 0.29) is 17.9 Å². The van der Waals surface area contributed by atoms with Gasteiger partial charge in [-0.3, -0.25) is 10.4 Å². The lowest BCUT2D eigenvalue weighted by Crippen LogP contribution is -2.35. The predicted octanol–water partition coefficient (Wildman–Crippen LogP) is 0.0870. The number of halogens is 1. The van der Waals surface area contributed by atoms with Crippen molar-refractivity contribution < 1.29 is 4.39 Å². The van der Waals surface area contributed by atoms with Crippen molar-refractivity contribution in [1.82, 2.24) is 15.8 Å². The molecule has 1 aromatic rings. The number of nitrogens with zero attached hydrogens (tertiary/aromatic N) is 1. The summed E-state index contributed by atoms with van der Waals surface area (Å²) in [5.74, 6) is -0.310. The van der Waals surface area contributed by atoms with Gasteiger partial charge in [0, 0.05) is 12.6 Å². The van der Waals surface area contributed by atoms with Gasteiger partial charge in [0.15, 0.2) is 0 Å². The molecule has 2 heterocycles. The van der Waals surface area contributed by atoms with E-state index in [1.807, 2.05) is 0 Å². The SMILES string of the molecule is NCC1CC(c2ccc(F)cn2)NN1. The molecule has 1 aliphatic rings. The third-order valence-corrected chi connectivity index (χ3v) is 2.37. The zero-order chi connectivity index (χ0) is 9.97. The summed E-state index contributed by atoms with van der Waals surface area (Å²) < 4.78 is 12.6. The van der Waals surface area contributed by atoms with E-state index in [4.69, 9.17) is 5.73 Å². The Morgan fingerprint density at radius 1 is 1.50 bits per heavy atom. The van der Waals surface area contributed by atoms with Crippen LogP contribution in [-0.2, 0) is 0 Å². The summed E-state index contributed by atoms with van der Waals surface area (Å²) in [7, 11) is 0. The Morgan fingerprint density at radius 2 is 2.36 bits per heavy atom. The maximum Gasteiger partial charge on any atom is 0.141 e. The highest BCUT2D eigenvalue weighted by molar-refractivity contribution is 5.11. The summed E-state index contributed by atoms with van der Waals surface area (Å²) in [6.07, 6.45) is 2.11. The molecule has 0 bridgehead atoms. The summed E-state index contributed by atoms with van der Waals surface area (Å²) in [6, 6.07) is 3.50. The molecule has 2 unspecified atom stereocenters. The molecule has 0 radical (unpaired) electrons. The Kier molecular flexibility index (Phi) is 2.72. The van der Waals surface area contributed by atoms with Crippen LogP contribution in [0, 0.1) is 5.82 Å². The number of nitrogens with one attached hydrogen (secondary N) is 2. The molecule has 14 heavy (non-hydrogen) atoms. The quantitative estimate of drug-likeness (QED) is 0.627. The van der Waals surface area contributed by atoms with E-state index >= 15 is 0 Å². The molecule has 1 aromatic heterocycles. The van der Waals surface area contributed by atoms with Crippen LogP contribution < -0.4 is 16.6 Å². The number of hydrogen-bond donors (Lipinski definition) is 3. The summed E-state index contributed by atoms with van der Waals surface area (Å²) in [6.45, 7) is 0.588. The molecule has 76 valence electrons. The fourth-order valence-electron chi connectivity index (χ4n) is 1.56. The van der Waals surface area contributed by atoms with E-state index < -0.39 is 0 Å².